The van der Waals surface area contributed by atoms with Crippen LogP contribution < -0.4 is 10.2 Å². The third kappa shape index (κ3) is 3.46. The maximum Gasteiger partial charge on any atom is 0.185 e. The number of methoxy groups -OCH3 is 1. The molecule has 1 aliphatic rings. The van der Waals surface area contributed by atoms with Crippen LogP contribution in [0.25, 0.3) is 0 Å². The van der Waals surface area contributed by atoms with Crippen LogP contribution in [-0.4, -0.2) is 38.3 Å². The number of thiazole rings is 1. The highest BCUT2D eigenvalue weighted by Gasteiger charge is 2.25. The van der Waals surface area contributed by atoms with Crippen molar-refractivity contribution in [2.24, 2.45) is 0 Å². The highest BCUT2D eigenvalue weighted by Crippen LogP contribution is 2.36. The highest BCUT2D eigenvalue weighted by atomic mass is 32.1. The van der Waals surface area contributed by atoms with Crippen LogP contribution in [0.15, 0.2) is 0 Å². The number of rotatable bonds is 7. The lowest BCUT2D eigenvalue weighted by Crippen LogP contribution is -2.27. The van der Waals surface area contributed by atoms with Gasteiger partial charge in [0.15, 0.2) is 5.13 Å². The minimum Gasteiger partial charge on any atom is -0.383 e. The molecule has 0 aliphatic heterocycles. The van der Waals surface area contributed by atoms with Crippen molar-refractivity contribution in [1.82, 2.24) is 10.3 Å². The number of hydrogen-bond donors (Lipinski definition) is 1. The fourth-order valence-corrected chi connectivity index (χ4v) is 3.83. The lowest BCUT2D eigenvalue weighted by Gasteiger charge is -2.21. The standard InChI is InChI=1S/C14H25N3OS/c1-4-15-11-7-6-8-12-13(11)16-14(19-12)17(5-2)9-10-18-3/h11,15H,4-10H2,1-3H3. The van der Waals surface area contributed by atoms with Crippen LogP contribution in [0, 0.1) is 0 Å². The molecule has 108 valence electrons. The minimum absolute atomic E-state index is 0.458. The third-order valence-electron chi connectivity index (χ3n) is 3.61. The average molecular weight is 283 g/mol. The van der Waals surface area contributed by atoms with Crippen LogP contribution in [0.2, 0.25) is 0 Å². The maximum absolute atomic E-state index is 5.18. The molecule has 19 heavy (non-hydrogen) atoms. The molecule has 1 aromatic heterocycles. The number of fused-ring (bicyclic) bond motifs is 1. The van der Waals surface area contributed by atoms with Crippen molar-refractivity contribution in [1.29, 1.82) is 0 Å². The summed E-state index contributed by atoms with van der Waals surface area (Å²) in [4.78, 5) is 8.69. The molecule has 0 bridgehead atoms. The molecule has 0 amide bonds. The average Bonchev–Trinajstić information content (AvgIpc) is 2.85. The van der Waals surface area contributed by atoms with Gasteiger partial charge in [-0.1, -0.05) is 6.92 Å². The van der Waals surface area contributed by atoms with E-state index in [1.54, 1.807) is 7.11 Å². The zero-order valence-electron chi connectivity index (χ0n) is 12.2. The third-order valence-corrected chi connectivity index (χ3v) is 4.80. The summed E-state index contributed by atoms with van der Waals surface area (Å²) in [5.41, 5.74) is 1.30. The second-order valence-corrected chi connectivity index (χ2v) is 5.94. The Hall–Kier alpha value is -0.650. The van der Waals surface area contributed by atoms with E-state index in [-0.39, 0.29) is 0 Å². The first-order valence-electron chi connectivity index (χ1n) is 7.27. The summed E-state index contributed by atoms with van der Waals surface area (Å²) in [6.07, 6.45) is 3.68. The molecule has 1 aromatic rings. The Bertz CT molecular complexity index is 394. The smallest absolute Gasteiger partial charge is 0.185 e. The number of anilines is 1. The van der Waals surface area contributed by atoms with Crippen molar-refractivity contribution >= 4 is 16.5 Å². The monoisotopic (exact) mass is 283 g/mol. The number of nitrogens with zero attached hydrogens (tertiary/aromatic N) is 2. The largest absolute Gasteiger partial charge is 0.383 e. The van der Waals surface area contributed by atoms with Crippen molar-refractivity contribution in [2.75, 3.05) is 38.3 Å². The Labute approximate surface area is 120 Å². The normalized spacial score (nSPS) is 18.4. The van der Waals surface area contributed by atoms with Crippen molar-refractivity contribution in [3.63, 3.8) is 0 Å². The molecule has 0 saturated heterocycles. The topological polar surface area (TPSA) is 37.4 Å². The van der Waals surface area contributed by atoms with Gasteiger partial charge < -0.3 is 15.0 Å². The van der Waals surface area contributed by atoms with Gasteiger partial charge in [-0.15, -0.1) is 11.3 Å². The van der Waals surface area contributed by atoms with E-state index in [4.69, 9.17) is 9.72 Å². The lowest BCUT2D eigenvalue weighted by atomic mass is 9.98. The van der Waals surface area contributed by atoms with Crippen LogP contribution >= 0.6 is 11.3 Å². The van der Waals surface area contributed by atoms with E-state index in [9.17, 15) is 0 Å². The molecule has 4 nitrogen and oxygen atoms in total. The fraction of sp³-hybridized carbons (Fsp3) is 0.786. The second kappa shape index (κ2) is 7.22. The number of likely N-dealkylation sites (N-methyl/N-ethyl adjacent to an activating group) is 1. The lowest BCUT2D eigenvalue weighted by molar-refractivity contribution is 0.205. The SMILES string of the molecule is CCNC1CCCc2sc(N(CC)CCOC)nc21. The van der Waals surface area contributed by atoms with Gasteiger partial charge in [-0.2, -0.15) is 0 Å². The summed E-state index contributed by atoms with van der Waals surface area (Å²) in [5, 5.41) is 4.72. The first-order chi connectivity index (χ1) is 9.30. The number of ether oxygens (including phenoxy) is 1. The van der Waals surface area contributed by atoms with E-state index in [2.05, 4.69) is 24.1 Å². The van der Waals surface area contributed by atoms with Gasteiger partial charge in [0.05, 0.1) is 18.3 Å². The van der Waals surface area contributed by atoms with Crippen LogP contribution in [-0.2, 0) is 11.2 Å². The van der Waals surface area contributed by atoms with Gasteiger partial charge in [-0.25, -0.2) is 4.98 Å². The summed E-state index contributed by atoms with van der Waals surface area (Å²) in [5.74, 6) is 0. The van der Waals surface area contributed by atoms with Crippen LogP contribution in [0.4, 0.5) is 5.13 Å². The van der Waals surface area contributed by atoms with Crippen LogP contribution in [0.1, 0.15) is 43.3 Å². The molecular formula is C14H25N3OS. The number of hydrogen-bond acceptors (Lipinski definition) is 5. The molecule has 0 saturated carbocycles. The van der Waals surface area contributed by atoms with E-state index in [0.717, 1.165) is 31.4 Å². The molecule has 1 heterocycles. The van der Waals surface area contributed by atoms with Crippen LogP contribution in [0.3, 0.4) is 0 Å². The Balaban J connectivity index is 2.15. The minimum atomic E-state index is 0.458. The van der Waals surface area contributed by atoms with Gasteiger partial charge in [0, 0.05) is 25.1 Å². The summed E-state index contributed by atoms with van der Waals surface area (Å²) >= 11 is 1.87. The van der Waals surface area contributed by atoms with Crippen molar-refractivity contribution in [2.45, 2.75) is 39.2 Å². The molecule has 0 aromatic carbocycles. The zero-order valence-corrected chi connectivity index (χ0v) is 13.1. The van der Waals surface area contributed by atoms with Crippen LogP contribution in [0.5, 0.6) is 0 Å². The van der Waals surface area contributed by atoms with Gasteiger partial charge in [-0.05, 0) is 32.7 Å². The molecule has 1 N–H and O–H groups in total. The predicted octanol–water partition coefficient (Wildman–Crippen LogP) is 2.60. The summed E-state index contributed by atoms with van der Waals surface area (Å²) in [6, 6.07) is 0.458. The van der Waals surface area contributed by atoms with Crippen molar-refractivity contribution in [3.05, 3.63) is 10.6 Å². The summed E-state index contributed by atoms with van der Waals surface area (Å²) in [6.45, 7) is 8.02. The number of nitrogens with one attached hydrogen (secondary N) is 1. The first kappa shape index (κ1) is 14.8. The number of aryl methyl sites for hydroxylation is 1. The molecule has 0 radical (unpaired) electrons. The van der Waals surface area contributed by atoms with Crippen molar-refractivity contribution < 1.29 is 4.74 Å². The Kier molecular flexibility index (Phi) is 5.60. The Morgan fingerprint density at radius 3 is 3.00 bits per heavy atom. The molecule has 1 atom stereocenters. The van der Waals surface area contributed by atoms with E-state index in [1.165, 1.54) is 29.8 Å². The molecule has 0 spiro atoms. The Morgan fingerprint density at radius 1 is 1.47 bits per heavy atom. The summed E-state index contributed by atoms with van der Waals surface area (Å²) < 4.78 is 5.18. The zero-order chi connectivity index (χ0) is 13.7. The molecule has 1 unspecified atom stereocenters. The van der Waals surface area contributed by atoms with Gasteiger partial charge in [0.2, 0.25) is 0 Å². The van der Waals surface area contributed by atoms with Gasteiger partial charge >= 0.3 is 0 Å². The molecule has 0 fully saturated rings. The van der Waals surface area contributed by atoms with Gasteiger partial charge in [-0.3, -0.25) is 0 Å². The summed E-state index contributed by atoms with van der Waals surface area (Å²) in [7, 11) is 1.75. The highest BCUT2D eigenvalue weighted by molar-refractivity contribution is 7.15. The van der Waals surface area contributed by atoms with E-state index >= 15 is 0 Å². The van der Waals surface area contributed by atoms with E-state index in [1.807, 2.05) is 11.3 Å². The van der Waals surface area contributed by atoms with Crippen molar-refractivity contribution in [3.8, 4) is 0 Å². The molecule has 5 heteroatoms. The maximum atomic E-state index is 5.18. The first-order valence-corrected chi connectivity index (χ1v) is 8.08. The number of aromatic nitrogens is 1. The fourth-order valence-electron chi connectivity index (χ4n) is 2.58. The molecule has 2 rings (SSSR count). The quantitative estimate of drug-likeness (QED) is 0.834. The molecule has 1 aliphatic carbocycles. The van der Waals surface area contributed by atoms with Gasteiger partial charge in [0.1, 0.15) is 0 Å². The van der Waals surface area contributed by atoms with Gasteiger partial charge in [0.25, 0.3) is 0 Å². The predicted molar refractivity (Wildman–Crippen MR) is 81.2 cm³/mol. The Morgan fingerprint density at radius 2 is 2.32 bits per heavy atom. The molecular weight excluding hydrogens is 258 g/mol. The van der Waals surface area contributed by atoms with E-state index in [0.29, 0.717) is 6.04 Å². The second-order valence-electron chi connectivity index (χ2n) is 4.88. The van der Waals surface area contributed by atoms with E-state index < -0.39 is 0 Å².